The van der Waals surface area contributed by atoms with Crippen LogP contribution in [0.2, 0.25) is 0 Å². The fraction of sp³-hybridized carbons (Fsp3) is 0.385. The van der Waals surface area contributed by atoms with Gasteiger partial charge in [-0.3, -0.25) is 19.4 Å². The zero-order valence-electron chi connectivity index (χ0n) is 20.1. The third-order valence-corrected chi connectivity index (χ3v) is 6.67. The predicted octanol–water partition coefficient (Wildman–Crippen LogP) is 3.45. The Morgan fingerprint density at radius 2 is 1.89 bits per heavy atom. The molecule has 3 heterocycles. The summed E-state index contributed by atoms with van der Waals surface area (Å²) in [5.74, 6) is -1.28. The van der Waals surface area contributed by atoms with E-state index in [0.717, 1.165) is 59.8 Å². The van der Waals surface area contributed by atoms with E-state index in [-0.39, 0.29) is 12.3 Å². The second kappa shape index (κ2) is 13.7. The third kappa shape index (κ3) is 8.17. The highest BCUT2D eigenvalue weighted by atomic mass is 79.9. The Bertz CT molecular complexity index is 1210. The van der Waals surface area contributed by atoms with Crippen molar-refractivity contribution in [1.82, 2.24) is 20.6 Å². The van der Waals surface area contributed by atoms with Gasteiger partial charge < -0.3 is 26.5 Å². The molecule has 2 amide bonds. The van der Waals surface area contributed by atoms with Crippen LogP contribution in [0.5, 0.6) is 0 Å². The van der Waals surface area contributed by atoms with Crippen LogP contribution in [0.1, 0.15) is 59.5 Å². The summed E-state index contributed by atoms with van der Waals surface area (Å²) in [6.45, 7) is 2.34. The van der Waals surface area contributed by atoms with E-state index in [2.05, 4.69) is 43.7 Å². The molecule has 0 spiro atoms. The quantitative estimate of drug-likeness (QED) is 0.241. The Morgan fingerprint density at radius 1 is 1.08 bits per heavy atom. The number of nitrogens with two attached hydrogens (primary N) is 1. The van der Waals surface area contributed by atoms with Crippen molar-refractivity contribution in [3.63, 3.8) is 0 Å². The summed E-state index contributed by atoms with van der Waals surface area (Å²) in [6.07, 6.45) is 4.71. The number of hydrogen-bond donors (Lipinski definition) is 5. The number of nitrogens with zero attached hydrogens (tertiary/aromatic N) is 1. The molecule has 6 N–H and O–H groups in total. The number of carboxylic acids is 1. The van der Waals surface area contributed by atoms with Gasteiger partial charge in [0.15, 0.2) is 0 Å². The van der Waals surface area contributed by atoms with Gasteiger partial charge in [0.1, 0.15) is 5.69 Å². The topological polar surface area (TPSA) is 150 Å². The van der Waals surface area contributed by atoms with Gasteiger partial charge in [-0.2, -0.15) is 0 Å². The fourth-order valence-electron chi connectivity index (χ4n) is 3.95. The highest BCUT2D eigenvalue weighted by molar-refractivity contribution is 9.10. The van der Waals surface area contributed by atoms with E-state index < -0.39 is 11.9 Å². The smallest absolute Gasteiger partial charge is 0.303 e. The molecule has 4 rings (SSSR count). The largest absolute Gasteiger partial charge is 0.481 e. The van der Waals surface area contributed by atoms with Gasteiger partial charge in [0.25, 0.3) is 5.91 Å². The van der Waals surface area contributed by atoms with Crippen LogP contribution in [0.25, 0.3) is 10.9 Å². The van der Waals surface area contributed by atoms with Gasteiger partial charge in [-0.1, -0.05) is 24.3 Å². The highest BCUT2D eigenvalue weighted by Gasteiger charge is 2.12. The Kier molecular flexibility index (Phi) is 10.4. The number of aliphatic carboxylic acids is 1. The van der Waals surface area contributed by atoms with Crippen molar-refractivity contribution in [3.8, 4) is 0 Å². The Hall–Kier alpha value is -3.24. The summed E-state index contributed by atoms with van der Waals surface area (Å²) in [5, 5.41) is 15.6. The van der Waals surface area contributed by atoms with Crippen molar-refractivity contribution in [2.75, 3.05) is 13.1 Å². The number of unbranched alkanes of at least 4 members (excludes halogenated alkanes) is 1. The number of H-pyrrole nitrogens is 1. The first-order valence-corrected chi connectivity index (χ1v) is 12.9. The molecule has 10 heteroatoms. The van der Waals surface area contributed by atoms with E-state index in [1.54, 1.807) is 0 Å². The molecule has 0 unspecified atom stereocenters. The number of aromatic nitrogens is 2. The Labute approximate surface area is 218 Å². The number of fused-ring (bicyclic) bond motifs is 2. The Balaban J connectivity index is 0.000000233. The number of amides is 2. The molecule has 0 saturated heterocycles. The number of carboxylic acid groups (broad SMARTS) is 1. The molecule has 3 aromatic rings. The lowest BCUT2D eigenvalue weighted by molar-refractivity contribution is -0.137. The number of pyridine rings is 1. The van der Waals surface area contributed by atoms with E-state index >= 15 is 0 Å². The molecule has 1 aromatic carbocycles. The number of aryl methyl sites for hydroxylation is 1. The minimum Gasteiger partial charge on any atom is -0.481 e. The minimum atomic E-state index is -0.826. The average Bonchev–Trinajstić information content (AvgIpc) is 3.21. The van der Waals surface area contributed by atoms with Gasteiger partial charge >= 0.3 is 5.97 Å². The summed E-state index contributed by atoms with van der Waals surface area (Å²) in [4.78, 5) is 40.6. The molecule has 192 valence electrons. The normalized spacial score (nSPS) is 12.4. The van der Waals surface area contributed by atoms with Crippen molar-refractivity contribution in [2.45, 2.75) is 51.5 Å². The van der Waals surface area contributed by atoms with Crippen molar-refractivity contribution in [2.24, 2.45) is 5.73 Å². The van der Waals surface area contributed by atoms with Gasteiger partial charge in [0.2, 0.25) is 5.91 Å². The minimum absolute atomic E-state index is 0.000127. The van der Waals surface area contributed by atoms with Gasteiger partial charge in [-0.05, 0) is 59.3 Å². The van der Waals surface area contributed by atoms with Crippen molar-refractivity contribution in [3.05, 3.63) is 63.5 Å². The zero-order chi connectivity index (χ0) is 25.9. The second-order valence-corrected chi connectivity index (χ2v) is 9.41. The molecule has 0 bridgehead atoms. The summed E-state index contributed by atoms with van der Waals surface area (Å²) in [6, 6.07) is 11.9. The van der Waals surface area contributed by atoms with Crippen LogP contribution >= 0.6 is 15.9 Å². The number of primary amides is 1. The third-order valence-electron chi connectivity index (χ3n) is 5.85. The zero-order valence-corrected chi connectivity index (χ0v) is 21.7. The maximum atomic E-state index is 11.6. The van der Waals surface area contributed by atoms with Gasteiger partial charge in [-0.25, -0.2) is 0 Å². The molecule has 36 heavy (non-hydrogen) atoms. The van der Waals surface area contributed by atoms with E-state index in [1.807, 2.05) is 24.3 Å². The molecule has 0 aliphatic carbocycles. The van der Waals surface area contributed by atoms with Crippen molar-refractivity contribution >= 4 is 44.6 Å². The van der Waals surface area contributed by atoms with E-state index in [4.69, 9.17) is 15.8 Å². The number of nitrogens with one attached hydrogen (secondary N) is 3. The Morgan fingerprint density at radius 3 is 2.64 bits per heavy atom. The number of benzene rings is 1. The first-order valence-electron chi connectivity index (χ1n) is 12.1. The molecule has 0 fully saturated rings. The predicted molar refractivity (Wildman–Crippen MR) is 142 cm³/mol. The summed E-state index contributed by atoms with van der Waals surface area (Å²) in [7, 11) is 0. The molecule has 1 aliphatic rings. The molecular formula is C26H32BrN5O4. The SMILES string of the molecule is NC(=O)c1[nH]c2ccccc2c1Br.O=C(O)CCCNC(=O)CCCCc1ccc2c(n1)CCNC2. The summed E-state index contributed by atoms with van der Waals surface area (Å²) < 4.78 is 0.732. The van der Waals surface area contributed by atoms with Crippen LogP contribution in [0, 0.1) is 0 Å². The first-order chi connectivity index (χ1) is 17.3. The lowest BCUT2D eigenvalue weighted by Gasteiger charge is -2.16. The van der Waals surface area contributed by atoms with Crippen LogP contribution < -0.4 is 16.4 Å². The molecule has 9 nitrogen and oxygen atoms in total. The second-order valence-electron chi connectivity index (χ2n) is 8.61. The first kappa shape index (κ1) is 27.3. The average molecular weight is 558 g/mol. The van der Waals surface area contributed by atoms with Crippen molar-refractivity contribution < 1.29 is 19.5 Å². The van der Waals surface area contributed by atoms with Crippen LogP contribution in [-0.4, -0.2) is 45.9 Å². The number of carbonyl (C=O) groups excluding carboxylic acids is 2. The molecule has 1 aliphatic heterocycles. The molecule has 0 atom stereocenters. The number of carbonyl (C=O) groups is 3. The number of rotatable bonds is 10. The molecular weight excluding hydrogens is 526 g/mol. The van der Waals surface area contributed by atoms with Gasteiger partial charge in [0, 0.05) is 61.2 Å². The molecule has 2 aromatic heterocycles. The lowest BCUT2D eigenvalue weighted by Crippen LogP contribution is -2.25. The number of para-hydroxylation sites is 1. The fourth-order valence-corrected chi connectivity index (χ4v) is 4.59. The number of hydrogen-bond acceptors (Lipinski definition) is 5. The van der Waals surface area contributed by atoms with Crippen LogP contribution in [0.3, 0.4) is 0 Å². The molecule has 0 radical (unpaired) electrons. The highest BCUT2D eigenvalue weighted by Crippen LogP contribution is 2.27. The number of aromatic amines is 1. The molecule has 0 saturated carbocycles. The van der Waals surface area contributed by atoms with Gasteiger partial charge in [0.05, 0.1) is 4.47 Å². The monoisotopic (exact) mass is 557 g/mol. The summed E-state index contributed by atoms with van der Waals surface area (Å²) in [5.41, 5.74) is 10.1. The van der Waals surface area contributed by atoms with E-state index in [1.165, 1.54) is 11.3 Å². The summed E-state index contributed by atoms with van der Waals surface area (Å²) >= 11 is 3.32. The van der Waals surface area contributed by atoms with Crippen molar-refractivity contribution in [1.29, 1.82) is 0 Å². The van der Waals surface area contributed by atoms with E-state index in [0.29, 0.717) is 25.1 Å². The maximum Gasteiger partial charge on any atom is 0.303 e. The maximum absolute atomic E-state index is 11.6. The van der Waals surface area contributed by atoms with Gasteiger partial charge in [-0.15, -0.1) is 0 Å². The van der Waals surface area contributed by atoms with E-state index in [9.17, 15) is 14.4 Å². The van der Waals surface area contributed by atoms with Crippen LogP contribution in [0.4, 0.5) is 0 Å². The number of halogens is 1. The standard InChI is InChI=1S/C17H25N3O3.C9H7BrN2O/c21-16(19-10-3-6-17(22)23)5-2-1-4-14-8-7-13-12-18-11-9-15(13)20-14;10-7-5-3-1-2-4-6(5)12-8(7)9(11)13/h7-8,18H,1-6,9-12H2,(H,19,21)(H,22,23);1-4,12H,(H2,11,13). The van der Waals surface area contributed by atoms with Crippen LogP contribution in [0.15, 0.2) is 40.9 Å². The van der Waals surface area contributed by atoms with Crippen LogP contribution in [-0.2, 0) is 29.0 Å². The lowest BCUT2D eigenvalue weighted by atomic mass is 10.0.